The SMILES string of the molecule is CCC[CH](/C=C/OC)[Ge]([Cl])[Cl]. The molecule has 1 radical (unpaired) electrons. The molecule has 65 valence electrons. The van der Waals surface area contributed by atoms with Crippen molar-refractivity contribution in [1.29, 1.82) is 0 Å². The van der Waals surface area contributed by atoms with Gasteiger partial charge in [0.05, 0.1) is 0 Å². The molecule has 0 aliphatic heterocycles. The van der Waals surface area contributed by atoms with Crippen molar-refractivity contribution in [3.8, 4) is 0 Å². The van der Waals surface area contributed by atoms with Crippen molar-refractivity contribution in [1.82, 2.24) is 0 Å². The van der Waals surface area contributed by atoms with Crippen LogP contribution in [0.3, 0.4) is 0 Å². The molecule has 0 amide bonds. The third kappa shape index (κ3) is 5.88. The Morgan fingerprint density at radius 2 is 2.18 bits per heavy atom. The normalized spacial score (nSPS) is 14.3. The first kappa shape index (κ1) is 11.7. The summed E-state index contributed by atoms with van der Waals surface area (Å²) in [5.74, 6) is 0. The maximum absolute atomic E-state index is 5.88. The molecule has 0 bridgehead atoms. The van der Waals surface area contributed by atoms with Gasteiger partial charge in [0.25, 0.3) is 0 Å². The molecule has 11 heavy (non-hydrogen) atoms. The summed E-state index contributed by atoms with van der Waals surface area (Å²) in [7, 11) is 13.4. The van der Waals surface area contributed by atoms with E-state index in [1.165, 1.54) is 0 Å². The van der Waals surface area contributed by atoms with E-state index < -0.39 is 12.5 Å². The quantitative estimate of drug-likeness (QED) is 0.542. The average molecular weight is 257 g/mol. The fraction of sp³-hybridized carbons (Fsp3) is 0.714. The topological polar surface area (TPSA) is 9.23 Å². The van der Waals surface area contributed by atoms with E-state index in [9.17, 15) is 0 Å². The minimum atomic E-state index is -1.80. The Kier molecular flexibility index (Phi) is 7.76. The Hall–Kier alpha value is 0.663. The van der Waals surface area contributed by atoms with Crippen LogP contribution in [0.25, 0.3) is 0 Å². The third-order valence-corrected chi connectivity index (χ3v) is 6.43. The Morgan fingerprint density at radius 1 is 1.55 bits per heavy atom. The number of hydrogen-bond donors (Lipinski definition) is 0. The first-order valence-corrected chi connectivity index (χ1v) is 10.3. The van der Waals surface area contributed by atoms with E-state index in [1.54, 1.807) is 13.4 Å². The molecule has 0 spiro atoms. The second-order valence-corrected chi connectivity index (χ2v) is 10.3. The second kappa shape index (κ2) is 7.32. The molecule has 0 saturated carbocycles. The van der Waals surface area contributed by atoms with Gasteiger partial charge >= 0.3 is 81.2 Å². The standard InChI is InChI=1S/C7H13Cl2GeO/c1-3-4-7(10(8)9)5-6-11-2/h5-7H,3-4H2,1-2H3/b6-5+. The second-order valence-electron chi connectivity index (χ2n) is 2.25. The van der Waals surface area contributed by atoms with Crippen molar-refractivity contribution in [2.24, 2.45) is 0 Å². The molecule has 1 atom stereocenters. The van der Waals surface area contributed by atoms with Gasteiger partial charge in [0.2, 0.25) is 0 Å². The van der Waals surface area contributed by atoms with Gasteiger partial charge in [0.1, 0.15) is 0 Å². The Balaban J connectivity index is 3.78. The van der Waals surface area contributed by atoms with E-state index in [2.05, 4.69) is 6.92 Å². The molecule has 0 aliphatic carbocycles. The summed E-state index contributed by atoms with van der Waals surface area (Å²) in [6, 6.07) is 0. The van der Waals surface area contributed by atoms with Crippen molar-refractivity contribution in [3.05, 3.63) is 12.3 Å². The molecule has 0 saturated heterocycles. The third-order valence-electron chi connectivity index (χ3n) is 1.33. The molecular formula is C7H13Cl2GeO. The molecule has 1 unspecified atom stereocenters. The van der Waals surface area contributed by atoms with Crippen LogP contribution in [0, 0.1) is 0 Å². The molecule has 0 heterocycles. The zero-order chi connectivity index (χ0) is 8.69. The van der Waals surface area contributed by atoms with Crippen LogP contribution < -0.4 is 0 Å². The van der Waals surface area contributed by atoms with E-state index in [0.29, 0.717) is 4.75 Å². The van der Waals surface area contributed by atoms with Crippen LogP contribution in [0.2, 0.25) is 4.75 Å². The Bertz CT molecular complexity index is 117. The van der Waals surface area contributed by atoms with Crippen molar-refractivity contribution in [2.45, 2.75) is 24.5 Å². The fourth-order valence-electron chi connectivity index (χ4n) is 0.762. The van der Waals surface area contributed by atoms with Crippen molar-refractivity contribution in [3.63, 3.8) is 0 Å². The predicted octanol–water partition coefficient (Wildman–Crippen LogP) is 3.28. The van der Waals surface area contributed by atoms with Crippen LogP contribution in [0.5, 0.6) is 0 Å². The van der Waals surface area contributed by atoms with Gasteiger partial charge in [-0.05, 0) is 0 Å². The molecule has 1 nitrogen and oxygen atoms in total. The summed E-state index contributed by atoms with van der Waals surface area (Å²) in [6.45, 7) is 2.13. The average Bonchev–Trinajstić information content (AvgIpc) is 1.97. The molecule has 0 aromatic heterocycles. The fourth-order valence-corrected chi connectivity index (χ4v) is 4.19. The zero-order valence-electron chi connectivity index (χ0n) is 6.81. The monoisotopic (exact) mass is 257 g/mol. The van der Waals surface area contributed by atoms with Gasteiger partial charge < -0.3 is 0 Å². The van der Waals surface area contributed by atoms with E-state index in [4.69, 9.17) is 24.8 Å². The Labute approximate surface area is 81.2 Å². The van der Waals surface area contributed by atoms with Crippen LogP contribution >= 0.6 is 20.0 Å². The first-order valence-electron chi connectivity index (χ1n) is 3.59. The van der Waals surface area contributed by atoms with Gasteiger partial charge in [-0.1, -0.05) is 0 Å². The molecule has 0 rings (SSSR count). The molecular weight excluding hydrogens is 244 g/mol. The molecule has 0 N–H and O–H groups in total. The van der Waals surface area contributed by atoms with E-state index in [1.807, 2.05) is 6.08 Å². The van der Waals surface area contributed by atoms with E-state index in [-0.39, 0.29) is 0 Å². The minimum absolute atomic E-state index is 0.378. The van der Waals surface area contributed by atoms with Crippen LogP contribution in [-0.2, 0) is 4.74 Å². The van der Waals surface area contributed by atoms with Crippen molar-refractivity contribution in [2.75, 3.05) is 7.11 Å². The van der Waals surface area contributed by atoms with Gasteiger partial charge in [0, 0.05) is 0 Å². The molecule has 4 heteroatoms. The molecule has 0 fully saturated rings. The van der Waals surface area contributed by atoms with E-state index in [0.717, 1.165) is 12.8 Å². The number of ether oxygens (including phenoxy) is 1. The summed E-state index contributed by atoms with van der Waals surface area (Å²) in [5.41, 5.74) is 0. The first-order chi connectivity index (χ1) is 5.22. The maximum atomic E-state index is 5.88. The summed E-state index contributed by atoms with van der Waals surface area (Å²) in [6.07, 6.45) is 5.83. The van der Waals surface area contributed by atoms with Crippen LogP contribution in [0.4, 0.5) is 0 Å². The Morgan fingerprint density at radius 3 is 2.55 bits per heavy atom. The van der Waals surface area contributed by atoms with Gasteiger partial charge in [-0.2, -0.15) is 0 Å². The molecule has 0 aliphatic rings. The summed E-state index contributed by atoms with van der Waals surface area (Å²) >= 11 is -1.80. The van der Waals surface area contributed by atoms with Gasteiger partial charge in [0.15, 0.2) is 0 Å². The summed E-state index contributed by atoms with van der Waals surface area (Å²) in [5, 5.41) is 0. The van der Waals surface area contributed by atoms with Gasteiger partial charge in [-0.15, -0.1) is 0 Å². The van der Waals surface area contributed by atoms with Crippen molar-refractivity contribution < 1.29 is 4.74 Å². The molecule has 0 aromatic carbocycles. The van der Waals surface area contributed by atoms with Crippen LogP contribution in [-0.4, -0.2) is 19.6 Å². The molecule has 0 aromatic rings. The van der Waals surface area contributed by atoms with Crippen molar-refractivity contribution >= 4 is 32.5 Å². The zero-order valence-corrected chi connectivity index (χ0v) is 10.4. The summed E-state index contributed by atoms with van der Waals surface area (Å²) < 4.78 is 5.18. The number of hydrogen-bond acceptors (Lipinski definition) is 1. The van der Waals surface area contributed by atoms with Gasteiger partial charge in [-0.3, -0.25) is 0 Å². The summed E-state index contributed by atoms with van der Waals surface area (Å²) in [4.78, 5) is 0. The predicted molar refractivity (Wildman–Crippen MR) is 52.3 cm³/mol. The number of allylic oxidation sites excluding steroid dienone is 1. The van der Waals surface area contributed by atoms with Gasteiger partial charge in [-0.25, -0.2) is 0 Å². The van der Waals surface area contributed by atoms with Crippen LogP contribution in [0.15, 0.2) is 12.3 Å². The number of halogens is 2. The van der Waals surface area contributed by atoms with Crippen LogP contribution in [0.1, 0.15) is 19.8 Å². The number of methoxy groups -OCH3 is 1. The number of rotatable bonds is 5. The van der Waals surface area contributed by atoms with E-state index >= 15 is 0 Å².